The van der Waals surface area contributed by atoms with Crippen LogP contribution < -0.4 is 10.2 Å². The quantitative estimate of drug-likeness (QED) is 0.671. The van der Waals surface area contributed by atoms with Gasteiger partial charge in [0.25, 0.3) is 5.91 Å². The van der Waals surface area contributed by atoms with Gasteiger partial charge in [-0.15, -0.1) is 0 Å². The van der Waals surface area contributed by atoms with Gasteiger partial charge in [0, 0.05) is 5.56 Å². The summed E-state index contributed by atoms with van der Waals surface area (Å²) in [7, 11) is 0. The van der Waals surface area contributed by atoms with Crippen LogP contribution in [0, 0.1) is 13.8 Å². The lowest BCUT2D eigenvalue weighted by atomic mass is 10.1. The molecule has 0 bridgehead atoms. The summed E-state index contributed by atoms with van der Waals surface area (Å²) >= 11 is 0. The summed E-state index contributed by atoms with van der Waals surface area (Å²) in [5.41, 5.74) is 5.35. The van der Waals surface area contributed by atoms with Gasteiger partial charge in [0.05, 0.1) is 18.7 Å². The third-order valence-electron chi connectivity index (χ3n) is 2.51. The first kappa shape index (κ1) is 13.9. The van der Waals surface area contributed by atoms with Crippen LogP contribution in [0.25, 0.3) is 0 Å². The van der Waals surface area contributed by atoms with E-state index in [-0.39, 0.29) is 12.5 Å². The number of carbonyl (C=O) groups excluding carboxylic acids is 1. The molecule has 1 amide bonds. The number of hydrazone groups is 1. The van der Waals surface area contributed by atoms with E-state index in [1.807, 2.05) is 32.0 Å². The summed E-state index contributed by atoms with van der Waals surface area (Å²) in [5, 5.41) is 3.80. The molecular formula is C15H16N2O3. The molecular weight excluding hydrogens is 256 g/mol. The molecule has 1 aromatic heterocycles. The van der Waals surface area contributed by atoms with Crippen LogP contribution in [0.4, 0.5) is 0 Å². The van der Waals surface area contributed by atoms with E-state index >= 15 is 0 Å². The van der Waals surface area contributed by atoms with Gasteiger partial charge in [-0.05, 0) is 43.2 Å². The van der Waals surface area contributed by atoms with Crippen LogP contribution >= 0.6 is 0 Å². The summed E-state index contributed by atoms with van der Waals surface area (Å²) < 4.78 is 10.3. The summed E-state index contributed by atoms with van der Waals surface area (Å²) in [6.45, 7) is 3.88. The molecule has 0 fully saturated rings. The van der Waals surface area contributed by atoms with Crippen LogP contribution in [0.3, 0.4) is 0 Å². The molecule has 2 rings (SSSR count). The lowest BCUT2D eigenvalue weighted by Crippen LogP contribution is -2.24. The zero-order chi connectivity index (χ0) is 14.4. The lowest BCUT2D eigenvalue weighted by Gasteiger charge is -2.07. The molecule has 0 spiro atoms. The minimum atomic E-state index is -0.316. The Kier molecular flexibility index (Phi) is 4.55. The highest BCUT2D eigenvalue weighted by Crippen LogP contribution is 2.15. The fourth-order valence-corrected chi connectivity index (χ4v) is 1.72. The first-order valence-corrected chi connectivity index (χ1v) is 6.19. The highest BCUT2D eigenvalue weighted by molar-refractivity contribution is 5.82. The number of nitrogens with one attached hydrogen (secondary N) is 1. The SMILES string of the molecule is Cc1cc(C)cc(OCC(=O)N/N=C/c2ccoc2)c1. The molecule has 2 aromatic rings. The Hall–Kier alpha value is -2.56. The molecule has 0 aliphatic heterocycles. The maximum atomic E-state index is 11.5. The summed E-state index contributed by atoms with van der Waals surface area (Å²) in [4.78, 5) is 11.5. The van der Waals surface area contributed by atoms with Crippen LogP contribution in [-0.4, -0.2) is 18.7 Å². The number of aryl methyl sites for hydroxylation is 2. The molecule has 104 valence electrons. The van der Waals surface area contributed by atoms with E-state index < -0.39 is 0 Å². The molecule has 0 saturated carbocycles. The molecule has 1 aromatic carbocycles. The minimum Gasteiger partial charge on any atom is -0.484 e. The van der Waals surface area contributed by atoms with E-state index in [2.05, 4.69) is 10.5 Å². The predicted octanol–water partition coefficient (Wildman–Crippen LogP) is 2.43. The van der Waals surface area contributed by atoms with E-state index in [0.29, 0.717) is 5.75 Å². The van der Waals surface area contributed by atoms with E-state index in [1.54, 1.807) is 6.07 Å². The molecule has 20 heavy (non-hydrogen) atoms. The van der Waals surface area contributed by atoms with Crippen molar-refractivity contribution < 1.29 is 13.9 Å². The Morgan fingerprint density at radius 2 is 2.10 bits per heavy atom. The van der Waals surface area contributed by atoms with Gasteiger partial charge < -0.3 is 9.15 Å². The fraction of sp³-hybridized carbons (Fsp3) is 0.200. The Morgan fingerprint density at radius 1 is 1.35 bits per heavy atom. The fourth-order valence-electron chi connectivity index (χ4n) is 1.72. The second-order valence-electron chi connectivity index (χ2n) is 4.46. The lowest BCUT2D eigenvalue weighted by molar-refractivity contribution is -0.123. The van der Waals surface area contributed by atoms with Crippen molar-refractivity contribution in [3.8, 4) is 5.75 Å². The maximum Gasteiger partial charge on any atom is 0.277 e. The summed E-state index contributed by atoms with van der Waals surface area (Å²) in [6, 6.07) is 7.55. The average Bonchev–Trinajstić information content (AvgIpc) is 2.88. The Bertz CT molecular complexity index is 583. The normalized spacial score (nSPS) is 10.7. The number of amides is 1. The number of carbonyl (C=O) groups is 1. The van der Waals surface area contributed by atoms with Crippen LogP contribution in [0.2, 0.25) is 0 Å². The van der Waals surface area contributed by atoms with Crippen molar-refractivity contribution in [2.24, 2.45) is 5.10 Å². The Balaban J connectivity index is 1.80. The van der Waals surface area contributed by atoms with Crippen molar-refractivity contribution in [3.05, 3.63) is 53.5 Å². The first-order chi connectivity index (χ1) is 9.63. The third kappa shape index (κ3) is 4.28. The van der Waals surface area contributed by atoms with E-state index in [0.717, 1.165) is 16.7 Å². The van der Waals surface area contributed by atoms with Crippen molar-refractivity contribution in [3.63, 3.8) is 0 Å². The van der Waals surface area contributed by atoms with E-state index in [9.17, 15) is 4.79 Å². The number of rotatable bonds is 5. The van der Waals surface area contributed by atoms with Crippen LogP contribution in [-0.2, 0) is 4.79 Å². The first-order valence-electron chi connectivity index (χ1n) is 6.19. The molecule has 0 atom stereocenters. The highest BCUT2D eigenvalue weighted by Gasteiger charge is 2.02. The second-order valence-corrected chi connectivity index (χ2v) is 4.46. The topological polar surface area (TPSA) is 63.8 Å². The van der Waals surface area contributed by atoms with Crippen molar-refractivity contribution in [2.75, 3.05) is 6.61 Å². The second kappa shape index (κ2) is 6.56. The molecule has 0 aliphatic rings. The predicted molar refractivity (Wildman–Crippen MR) is 75.9 cm³/mol. The average molecular weight is 272 g/mol. The van der Waals surface area contributed by atoms with Gasteiger partial charge in [-0.3, -0.25) is 4.79 Å². The zero-order valence-electron chi connectivity index (χ0n) is 11.4. The Labute approximate surface area is 117 Å². The highest BCUT2D eigenvalue weighted by atomic mass is 16.5. The monoisotopic (exact) mass is 272 g/mol. The van der Waals surface area contributed by atoms with Crippen molar-refractivity contribution in [1.82, 2.24) is 5.43 Å². The van der Waals surface area contributed by atoms with Crippen molar-refractivity contribution >= 4 is 12.1 Å². The maximum absolute atomic E-state index is 11.5. The van der Waals surface area contributed by atoms with Gasteiger partial charge in [-0.25, -0.2) is 5.43 Å². The summed E-state index contributed by atoms with van der Waals surface area (Å²) in [5.74, 6) is 0.361. The van der Waals surface area contributed by atoms with Crippen LogP contribution in [0.1, 0.15) is 16.7 Å². The van der Waals surface area contributed by atoms with E-state index in [1.165, 1.54) is 18.7 Å². The molecule has 1 heterocycles. The minimum absolute atomic E-state index is 0.0778. The molecule has 0 aliphatic carbocycles. The van der Waals surface area contributed by atoms with Gasteiger partial charge in [-0.2, -0.15) is 5.10 Å². The largest absolute Gasteiger partial charge is 0.484 e. The van der Waals surface area contributed by atoms with Crippen LogP contribution in [0.15, 0.2) is 46.3 Å². The van der Waals surface area contributed by atoms with Gasteiger partial charge in [-0.1, -0.05) is 6.07 Å². The van der Waals surface area contributed by atoms with Crippen molar-refractivity contribution in [2.45, 2.75) is 13.8 Å². The third-order valence-corrected chi connectivity index (χ3v) is 2.51. The molecule has 0 radical (unpaired) electrons. The number of benzene rings is 1. The number of hydrogen-bond acceptors (Lipinski definition) is 4. The molecule has 1 N–H and O–H groups in total. The smallest absolute Gasteiger partial charge is 0.277 e. The van der Waals surface area contributed by atoms with Gasteiger partial charge in [0.15, 0.2) is 6.61 Å². The number of hydrogen-bond donors (Lipinski definition) is 1. The molecule has 5 nitrogen and oxygen atoms in total. The standard InChI is InChI=1S/C15H16N2O3/c1-11-5-12(2)7-14(6-11)20-10-15(18)17-16-8-13-3-4-19-9-13/h3-9H,10H2,1-2H3,(H,17,18)/b16-8+. The molecule has 0 unspecified atom stereocenters. The van der Waals surface area contributed by atoms with Gasteiger partial charge in [0.1, 0.15) is 5.75 Å². The molecule has 5 heteroatoms. The van der Waals surface area contributed by atoms with Crippen molar-refractivity contribution in [1.29, 1.82) is 0 Å². The molecule has 0 saturated heterocycles. The van der Waals surface area contributed by atoms with Gasteiger partial charge in [0.2, 0.25) is 0 Å². The van der Waals surface area contributed by atoms with Crippen LogP contribution in [0.5, 0.6) is 5.75 Å². The number of furan rings is 1. The van der Waals surface area contributed by atoms with Gasteiger partial charge >= 0.3 is 0 Å². The zero-order valence-corrected chi connectivity index (χ0v) is 11.4. The number of ether oxygens (including phenoxy) is 1. The summed E-state index contributed by atoms with van der Waals surface area (Å²) in [6.07, 6.45) is 4.56. The number of nitrogens with zero attached hydrogens (tertiary/aromatic N) is 1. The Morgan fingerprint density at radius 3 is 2.75 bits per heavy atom. The van der Waals surface area contributed by atoms with E-state index in [4.69, 9.17) is 9.15 Å².